The molecule has 3 rings (SSSR count). The van der Waals surface area contributed by atoms with Crippen molar-refractivity contribution in [2.45, 2.75) is 137 Å². The average molecular weight is 654 g/mol. The Bertz CT molecular complexity index is 1220. The molecule has 1 aliphatic carbocycles. The van der Waals surface area contributed by atoms with Gasteiger partial charge in [-0.25, -0.2) is 10.0 Å². The second-order valence-electron chi connectivity index (χ2n) is 14.7. The predicted octanol–water partition coefficient (Wildman–Crippen LogP) is 5.26. The summed E-state index contributed by atoms with van der Waals surface area (Å²) in [6, 6.07) is 8.10. The summed E-state index contributed by atoms with van der Waals surface area (Å²) >= 11 is 0. The fourth-order valence-corrected chi connectivity index (χ4v) is 6.52. The number of primary amides is 1. The summed E-state index contributed by atoms with van der Waals surface area (Å²) in [5, 5.41) is 17.8. The third-order valence-electron chi connectivity index (χ3n) is 9.33. The van der Waals surface area contributed by atoms with Crippen molar-refractivity contribution in [3.8, 4) is 0 Å². The number of unbranched alkanes of at least 4 members (excludes halogenated alkanes) is 2. The molecule has 0 bridgehead atoms. The van der Waals surface area contributed by atoms with Crippen molar-refractivity contribution in [2.24, 2.45) is 23.0 Å². The zero-order valence-corrected chi connectivity index (χ0v) is 29.5. The van der Waals surface area contributed by atoms with Crippen molar-refractivity contribution in [3.63, 3.8) is 0 Å². The lowest BCUT2D eigenvalue weighted by molar-refractivity contribution is -0.186. The van der Waals surface area contributed by atoms with Gasteiger partial charge in [0.05, 0.1) is 5.70 Å². The van der Waals surface area contributed by atoms with Crippen LogP contribution in [-0.2, 0) is 25.6 Å². The molecule has 0 aromatic heterocycles. The Hall–Kier alpha value is -3.40. The highest BCUT2D eigenvalue weighted by atomic mass is 16.3. The number of aliphatic hydroxyl groups excluding tert-OH is 1. The minimum Gasteiger partial charge on any atom is -0.368 e. The summed E-state index contributed by atoms with van der Waals surface area (Å²) < 4.78 is 0. The van der Waals surface area contributed by atoms with E-state index in [9.17, 15) is 24.3 Å². The fraction of sp³-hybridized carbons (Fsp3) is 0.676. The van der Waals surface area contributed by atoms with Crippen LogP contribution in [-0.4, -0.2) is 68.5 Å². The summed E-state index contributed by atoms with van der Waals surface area (Å²) in [7, 11) is 0. The molecule has 1 aromatic carbocycles. The third kappa shape index (κ3) is 11.1. The van der Waals surface area contributed by atoms with Crippen molar-refractivity contribution in [2.75, 3.05) is 6.54 Å². The summed E-state index contributed by atoms with van der Waals surface area (Å²) in [5.41, 5.74) is 6.71. The van der Waals surface area contributed by atoms with Gasteiger partial charge in [0.2, 0.25) is 24.1 Å². The minimum atomic E-state index is -1.14. The number of ketones is 1. The van der Waals surface area contributed by atoms with Crippen LogP contribution in [0.1, 0.15) is 118 Å². The number of amides is 3. The number of aliphatic hydroxyl groups is 1. The number of nitrogens with zero attached hydrogens (tertiary/aromatic N) is 3. The van der Waals surface area contributed by atoms with Gasteiger partial charge in [-0.3, -0.25) is 19.2 Å². The third-order valence-corrected chi connectivity index (χ3v) is 9.33. The Morgan fingerprint density at radius 2 is 1.68 bits per heavy atom. The van der Waals surface area contributed by atoms with E-state index in [1.54, 1.807) is 10.0 Å². The van der Waals surface area contributed by atoms with Gasteiger partial charge in [-0.2, -0.15) is 0 Å². The maximum atomic E-state index is 13.8. The Morgan fingerprint density at radius 1 is 1.02 bits per heavy atom. The van der Waals surface area contributed by atoms with E-state index in [0.717, 1.165) is 50.5 Å². The van der Waals surface area contributed by atoms with Crippen molar-refractivity contribution < 1.29 is 24.3 Å². The van der Waals surface area contributed by atoms with E-state index in [2.05, 4.69) is 12.2 Å². The van der Waals surface area contributed by atoms with Crippen LogP contribution in [0.15, 0.2) is 42.2 Å². The molecule has 0 saturated heterocycles. The van der Waals surface area contributed by atoms with Crippen LogP contribution in [0.25, 0.3) is 0 Å². The zero-order valence-electron chi connectivity index (χ0n) is 29.5. The number of hydrazine groups is 1. The van der Waals surface area contributed by atoms with Gasteiger partial charge in [0.1, 0.15) is 11.8 Å². The van der Waals surface area contributed by atoms with Gasteiger partial charge in [0.15, 0.2) is 0 Å². The second-order valence-corrected chi connectivity index (χ2v) is 14.7. The minimum absolute atomic E-state index is 0.0178. The quantitative estimate of drug-likeness (QED) is 0.195. The lowest BCUT2D eigenvalue weighted by Gasteiger charge is -2.42. The summed E-state index contributed by atoms with van der Waals surface area (Å²) in [6.45, 7) is 12.0. The fourth-order valence-electron chi connectivity index (χ4n) is 6.52. The number of nitrogens with one attached hydrogen (secondary N) is 1. The maximum absolute atomic E-state index is 13.8. The molecule has 10 heteroatoms. The standard InChI is InChI=1S/C37H59N5O5/c1-7-8-11-20-33(44)41(26(2)3)42-30(25-40(36(42)47)24-28-18-14-10-15-19-28)23-31(34(38)45)39-35(46)29(22-32(43)37(4,5)6)21-27-16-12-9-13-17-27/h9,12-13,16-17,25-26,28-29,31,36,47H,7-8,10-11,14-15,18-24H2,1-6H3,(H2,38,45)(H,39,46)/t29?,31-,36+/m1/s1. The molecule has 1 heterocycles. The van der Waals surface area contributed by atoms with E-state index < -0.39 is 35.5 Å². The smallest absolute Gasteiger partial charge is 0.241 e. The summed E-state index contributed by atoms with van der Waals surface area (Å²) in [6.07, 6.45) is 9.67. The number of carbonyl (C=O) groups excluding carboxylic acids is 4. The lowest BCUT2D eigenvalue weighted by Crippen LogP contribution is -2.56. The van der Waals surface area contributed by atoms with Crippen LogP contribution in [0.5, 0.6) is 0 Å². The van der Waals surface area contributed by atoms with Crippen LogP contribution in [0.4, 0.5) is 0 Å². The first-order valence-electron chi connectivity index (χ1n) is 17.7. The average Bonchev–Trinajstić information content (AvgIpc) is 3.30. The first kappa shape index (κ1) is 38.1. The molecular formula is C37H59N5O5. The lowest BCUT2D eigenvalue weighted by atomic mass is 9.83. The molecule has 1 unspecified atom stereocenters. The molecular weight excluding hydrogens is 594 g/mol. The molecule has 10 nitrogen and oxygen atoms in total. The molecule has 1 saturated carbocycles. The molecule has 1 fully saturated rings. The second kappa shape index (κ2) is 17.7. The normalized spacial score (nSPS) is 18.6. The van der Waals surface area contributed by atoms with Gasteiger partial charge in [-0.15, -0.1) is 0 Å². The van der Waals surface area contributed by atoms with Crippen LogP contribution in [0.3, 0.4) is 0 Å². The van der Waals surface area contributed by atoms with Gasteiger partial charge >= 0.3 is 0 Å². The summed E-state index contributed by atoms with van der Waals surface area (Å²) in [4.78, 5) is 55.3. The molecule has 1 aliphatic heterocycles. The van der Waals surface area contributed by atoms with Crippen LogP contribution in [0.2, 0.25) is 0 Å². The van der Waals surface area contributed by atoms with Crippen LogP contribution in [0, 0.1) is 17.3 Å². The van der Waals surface area contributed by atoms with Gasteiger partial charge in [-0.05, 0) is 51.0 Å². The van der Waals surface area contributed by atoms with Gasteiger partial charge < -0.3 is 21.1 Å². The summed E-state index contributed by atoms with van der Waals surface area (Å²) in [5.74, 6) is -1.62. The highest BCUT2D eigenvalue weighted by Crippen LogP contribution is 2.33. The van der Waals surface area contributed by atoms with Crippen molar-refractivity contribution in [1.29, 1.82) is 0 Å². The number of hydrogen-bond donors (Lipinski definition) is 3. The monoisotopic (exact) mass is 653 g/mol. The Kier molecular flexibility index (Phi) is 14.3. The van der Waals surface area contributed by atoms with E-state index >= 15 is 0 Å². The number of nitrogens with two attached hydrogens (primary N) is 1. The molecule has 2 aliphatic rings. The highest BCUT2D eigenvalue weighted by Gasteiger charge is 2.41. The molecule has 0 spiro atoms. The Labute approximate surface area is 282 Å². The van der Waals surface area contributed by atoms with E-state index in [1.807, 2.05) is 76.1 Å². The molecule has 262 valence electrons. The number of rotatable bonds is 17. The number of benzene rings is 1. The highest BCUT2D eigenvalue weighted by molar-refractivity contribution is 5.92. The van der Waals surface area contributed by atoms with Crippen molar-refractivity contribution in [3.05, 3.63) is 47.8 Å². The van der Waals surface area contributed by atoms with E-state index in [0.29, 0.717) is 31.0 Å². The van der Waals surface area contributed by atoms with E-state index in [1.165, 1.54) is 6.42 Å². The van der Waals surface area contributed by atoms with Crippen molar-refractivity contribution >= 4 is 23.5 Å². The molecule has 47 heavy (non-hydrogen) atoms. The van der Waals surface area contributed by atoms with E-state index in [4.69, 9.17) is 5.73 Å². The Balaban J connectivity index is 1.90. The number of carbonyl (C=O) groups is 4. The predicted molar refractivity (Wildman–Crippen MR) is 184 cm³/mol. The molecule has 3 atom stereocenters. The maximum Gasteiger partial charge on any atom is 0.241 e. The largest absolute Gasteiger partial charge is 0.368 e. The topological polar surface area (TPSA) is 136 Å². The van der Waals surface area contributed by atoms with E-state index in [-0.39, 0.29) is 30.6 Å². The molecule has 3 amide bonds. The van der Waals surface area contributed by atoms with Gasteiger partial charge in [0.25, 0.3) is 0 Å². The SMILES string of the molecule is CCCCCC(=O)N(C(C)C)N1C(C[C@@H](NC(=O)C(CC(=O)C(C)(C)C)Cc2ccccc2)C(N)=O)=CN(CC2CCCCC2)[C@@H]1O. The molecule has 1 aromatic rings. The number of hydrogen-bond acceptors (Lipinski definition) is 7. The van der Waals surface area contributed by atoms with Crippen LogP contribution < -0.4 is 11.1 Å². The molecule has 0 radical (unpaired) electrons. The van der Waals surface area contributed by atoms with Crippen molar-refractivity contribution in [1.82, 2.24) is 20.2 Å². The number of Topliss-reactive ketones (excluding diaryl/α,β-unsaturated/α-hetero) is 1. The van der Waals surface area contributed by atoms with Gasteiger partial charge in [-0.1, -0.05) is 90.1 Å². The first-order valence-corrected chi connectivity index (χ1v) is 17.7. The van der Waals surface area contributed by atoms with Gasteiger partial charge in [0, 0.05) is 49.4 Å². The molecule has 4 N–H and O–H groups in total. The first-order chi connectivity index (χ1) is 22.2. The zero-order chi connectivity index (χ0) is 34.7. The van der Waals surface area contributed by atoms with Crippen LogP contribution >= 0.6 is 0 Å². The Morgan fingerprint density at radius 3 is 2.26 bits per heavy atom.